The van der Waals surface area contributed by atoms with Crippen molar-refractivity contribution < 1.29 is 33.2 Å². The van der Waals surface area contributed by atoms with Gasteiger partial charge in [-0.1, -0.05) is 55.5 Å². The highest BCUT2D eigenvalue weighted by Gasteiger charge is 2.42. The highest BCUT2D eigenvalue weighted by Crippen LogP contribution is 2.40. The van der Waals surface area contributed by atoms with E-state index in [9.17, 15) is 4.79 Å². The van der Waals surface area contributed by atoms with Crippen molar-refractivity contribution in [1.29, 1.82) is 0 Å². The summed E-state index contributed by atoms with van der Waals surface area (Å²) in [6.07, 6.45) is 0.236. The quantitative estimate of drug-likeness (QED) is 0.0840. The second-order valence-corrected chi connectivity index (χ2v) is 13.6. The molecule has 3 aliphatic heterocycles. The summed E-state index contributed by atoms with van der Waals surface area (Å²) < 4.78 is 35.6. The number of carbonyl (C=O) groups is 1. The molecule has 0 radical (unpaired) electrons. The number of carbonyl (C=O) groups excluding carboxylic acids is 1. The van der Waals surface area contributed by atoms with Gasteiger partial charge in [-0.3, -0.25) is 4.79 Å². The number of anilines is 2. The number of nitrogens with zero attached hydrogens (tertiary/aromatic N) is 2. The van der Waals surface area contributed by atoms with Gasteiger partial charge in [-0.05, 0) is 79.9 Å². The molecule has 1 fully saturated rings. The molecule has 0 bridgehead atoms. The van der Waals surface area contributed by atoms with Gasteiger partial charge in [0.05, 0.1) is 33.0 Å². The Morgan fingerprint density at radius 1 is 0.800 bits per heavy atom. The zero-order chi connectivity index (χ0) is 34.6. The third-order valence-corrected chi connectivity index (χ3v) is 10.2. The first-order valence-electron chi connectivity index (χ1n) is 17.5. The van der Waals surface area contributed by atoms with Crippen LogP contribution in [0.2, 0.25) is 0 Å². The Bertz CT molecular complexity index is 1660. The molecule has 1 saturated heterocycles. The van der Waals surface area contributed by atoms with Crippen LogP contribution in [-0.4, -0.2) is 58.8 Å². The number of ether oxygens (including phenoxy) is 6. The van der Waals surface area contributed by atoms with Gasteiger partial charge in [0, 0.05) is 41.0 Å². The average Bonchev–Trinajstić information content (AvgIpc) is 3.15. The SMILES string of the molecule is CCC1(COCCOC(C)OC(=O)C(C)(c2ccc3c(c2)CN(c2ccccc2)CO3)c2ccc3c(c2)CN(c2ccccc2)CO3)COC1. The van der Waals surface area contributed by atoms with Gasteiger partial charge in [0.25, 0.3) is 0 Å². The third kappa shape index (κ3) is 7.03. The molecule has 3 aliphatic rings. The van der Waals surface area contributed by atoms with Gasteiger partial charge in [-0.2, -0.15) is 0 Å². The van der Waals surface area contributed by atoms with Gasteiger partial charge in [0.15, 0.2) is 19.8 Å². The molecule has 1 unspecified atom stereocenters. The average molecular weight is 679 g/mol. The van der Waals surface area contributed by atoms with E-state index in [1.54, 1.807) is 6.92 Å². The number of fused-ring (bicyclic) bond motifs is 2. The maximum atomic E-state index is 14.5. The van der Waals surface area contributed by atoms with E-state index in [1.807, 2.05) is 67.6 Å². The molecule has 0 spiro atoms. The van der Waals surface area contributed by atoms with E-state index in [4.69, 9.17) is 28.4 Å². The minimum absolute atomic E-state index is 0.107. The molecule has 0 amide bonds. The normalized spacial score (nSPS) is 17.0. The van der Waals surface area contributed by atoms with E-state index in [1.165, 1.54) is 0 Å². The smallest absolute Gasteiger partial charge is 0.323 e. The van der Waals surface area contributed by atoms with Crippen molar-refractivity contribution in [3.63, 3.8) is 0 Å². The van der Waals surface area contributed by atoms with Crippen LogP contribution in [0.4, 0.5) is 11.4 Å². The lowest BCUT2D eigenvalue weighted by molar-refractivity contribution is -0.185. The molecular formula is C41H46N2O7. The highest BCUT2D eigenvalue weighted by atomic mass is 16.7. The molecule has 0 saturated carbocycles. The van der Waals surface area contributed by atoms with Gasteiger partial charge in [0.1, 0.15) is 16.9 Å². The summed E-state index contributed by atoms with van der Waals surface area (Å²) in [6.45, 7) is 10.8. The topological polar surface area (TPSA) is 78.9 Å². The van der Waals surface area contributed by atoms with Crippen LogP contribution in [0.3, 0.4) is 0 Å². The minimum Gasteiger partial charge on any atom is -0.473 e. The zero-order valence-corrected chi connectivity index (χ0v) is 29.1. The molecule has 0 aliphatic carbocycles. The third-order valence-electron chi connectivity index (χ3n) is 10.2. The lowest BCUT2D eigenvalue weighted by Gasteiger charge is -2.40. The number of para-hydroxylation sites is 2. The van der Waals surface area contributed by atoms with Crippen LogP contribution < -0.4 is 19.3 Å². The Kier molecular flexibility index (Phi) is 9.99. The molecule has 1 atom stereocenters. The van der Waals surface area contributed by atoms with Crippen LogP contribution in [0.1, 0.15) is 49.4 Å². The molecule has 0 N–H and O–H groups in total. The maximum Gasteiger partial charge on any atom is 0.323 e. The minimum atomic E-state index is -1.17. The number of benzene rings is 4. The van der Waals surface area contributed by atoms with E-state index < -0.39 is 17.7 Å². The zero-order valence-electron chi connectivity index (χ0n) is 29.1. The van der Waals surface area contributed by atoms with Gasteiger partial charge in [-0.25, -0.2) is 0 Å². The van der Waals surface area contributed by atoms with E-state index in [-0.39, 0.29) is 5.41 Å². The Labute approximate surface area is 294 Å². The fourth-order valence-corrected chi connectivity index (χ4v) is 6.76. The molecule has 4 aromatic carbocycles. The fourth-order valence-electron chi connectivity index (χ4n) is 6.76. The summed E-state index contributed by atoms with van der Waals surface area (Å²) in [6, 6.07) is 32.4. The number of esters is 1. The molecule has 7 rings (SSSR count). The van der Waals surface area contributed by atoms with E-state index in [2.05, 4.69) is 53.1 Å². The van der Waals surface area contributed by atoms with Crippen LogP contribution >= 0.6 is 0 Å². The molecular weight excluding hydrogens is 632 g/mol. The second-order valence-electron chi connectivity index (χ2n) is 13.6. The number of rotatable bonds is 13. The predicted octanol–water partition coefficient (Wildman–Crippen LogP) is 7.05. The van der Waals surface area contributed by atoms with Crippen molar-refractivity contribution in [3.8, 4) is 11.5 Å². The summed E-state index contributed by atoms with van der Waals surface area (Å²) in [5.41, 5.74) is 4.69. The van der Waals surface area contributed by atoms with Gasteiger partial charge >= 0.3 is 5.97 Å². The first-order valence-corrected chi connectivity index (χ1v) is 17.5. The molecule has 9 nitrogen and oxygen atoms in total. The lowest BCUT2D eigenvalue weighted by atomic mass is 9.75. The van der Waals surface area contributed by atoms with Crippen molar-refractivity contribution in [2.24, 2.45) is 5.41 Å². The van der Waals surface area contributed by atoms with Gasteiger partial charge < -0.3 is 38.2 Å². The summed E-state index contributed by atoms with van der Waals surface area (Å²) in [5.74, 6) is 1.21. The summed E-state index contributed by atoms with van der Waals surface area (Å²) >= 11 is 0. The largest absolute Gasteiger partial charge is 0.473 e. The molecule has 3 heterocycles. The Hall–Kier alpha value is -4.57. The van der Waals surface area contributed by atoms with Crippen molar-refractivity contribution in [1.82, 2.24) is 0 Å². The van der Waals surface area contributed by atoms with Crippen LogP contribution in [0.15, 0.2) is 97.1 Å². The van der Waals surface area contributed by atoms with Crippen molar-refractivity contribution in [2.75, 3.05) is 56.3 Å². The molecule has 262 valence electrons. The van der Waals surface area contributed by atoms with Crippen molar-refractivity contribution in [3.05, 3.63) is 119 Å². The Morgan fingerprint density at radius 3 is 1.82 bits per heavy atom. The van der Waals surface area contributed by atoms with Crippen LogP contribution in [-0.2, 0) is 42.2 Å². The van der Waals surface area contributed by atoms with E-state index in [0.29, 0.717) is 46.4 Å². The molecule has 9 heteroatoms. The van der Waals surface area contributed by atoms with Gasteiger partial charge in [-0.15, -0.1) is 0 Å². The first kappa shape index (κ1) is 33.9. The molecule has 50 heavy (non-hydrogen) atoms. The second kappa shape index (κ2) is 14.7. The monoisotopic (exact) mass is 678 g/mol. The fraction of sp³-hybridized carbons (Fsp3) is 0.390. The van der Waals surface area contributed by atoms with Crippen molar-refractivity contribution >= 4 is 17.3 Å². The van der Waals surface area contributed by atoms with E-state index in [0.717, 1.165) is 64.8 Å². The summed E-state index contributed by atoms with van der Waals surface area (Å²) in [4.78, 5) is 18.8. The maximum absolute atomic E-state index is 14.5. The summed E-state index contributed by atoms with van der Waals surface area (Å²) in [7, 11) is 0. The highest BCUT2D eigenvalue weighted by molar-refractivity contribution is 5.87. The number of hydrogen-bond acceptors (Lipinski definition) is 9. The predicted molar refractivity (Wildman–Crippen MR) is 191 cm³/mol. The lowest BCUT2D eigenvalue weighted by Crippen LogP contribution is -2.46. The van der Waals surface area contributed by atoms with Crippen LogP contribution in [0, 0.1) is 5.41 Å². The van der Waals surface area contributed by atoms with Gasteiger partial charge in [0.2, 0.25) is 0 Å². The Balaban J connectivity index is 1.13. The first-order chi connectivity index (χ1) is 24.4. The number of hydrogen-bond donors (Lipinski definition) is 0. The molecule has 4 aromatic rings. The standard InChI is InChI=1S/C41H46N2O7/c1-4-41(26-46-27-41)25-45-19-20-47-30(2)50-39(44)40(3,33-15-17-37-31(21-33)23-42(28-48-37)35-11-7-5-8-12-35)34-16-18-38-32(22-34)24-43(29-49-38)36-13-9-6-10-14-36/h5-18,21-22,30H,4,19-20,23-29H2,1-3H3. The van der Waals surface area contributed by atoms with E-state index >= 15 is 0 Å². The van der Waals surface area contributed by atoms with Crippen molar-refractivity contribution in [2.45, 2.75) is 52.0 Å². The molecule has 0 aromatic heterocycles. The van der Waals surface area contributed by atoms with Crippen LogP contribution in [0.5, 0.6) is 11.5 Å². The van der Waals surface area contributed by atoms with Crippen LogP contribution in [0.25, 0.3) is 0 Å². The Morgan fingerprint density at radius 2 is 1.34 bits per heavy atom. The summed E-state index contributed by atoms with van der Waals surface area (Å²) in [5, 5.41) is 0.